The minimum atomic E-state index is -0.114. The normalized spacial score (nSPS) is 11.4. The summed E-state index contributed by atoms with van der Waals surface area (Å²) in [5, 5.41) is 6.81. The van der Waals surface area contributed by atoms with E-state index in [-0.39, 0.29) is 11.3 Å². The van der Waals surface area contributed by atoms with E-state index in [9.17, 15) is 9.59 Å². The second-order valence-electron chi connectivity index (χ2n) is 6.77. The van der Waals surface area contributed by atoms with Crippen molar-refractivity contribution in [2.24, 2.45) is 14.1 Å². The fourth-order valence-electron chi connectivity index (χ4n) is 3.58. The first-order valence-corrected chi connectivity index (χ1v) is 8.45. The van der Waals surface area contributed by atoms with Crippen molar-refractivity contribution in [3.05, 3.63) is 64.1 Å². The summed E-state index contributed by atoms with van der Waals surface area (Å²) >= 11 is 0. The second-order valence-corrected chi connectivity index (χ2v) is 6.77. The Kier molecular flexibility index (Phi) is 3.54. The second kappa shape index (κ2) is 5.66. The predicted octanol–water partition coefficient (Wildman–Crippen LogP) is 3.60. The molecule has 0 aliphatic carbocycles. The van der Waals surface area contributed by atoms with Crippen LogP contribution in [0.5, 0.6) is 0 Å². The number of pyridine rings is 1. The zero-order valence-corrected chi connectivity index (χ0v) is 15.2. The third-order valence-corrected chi connectivity index (χ3v) is 4.81. The van der Waals surface area contributed by atoms with Crippen molar-refractivity contribution in [3.63, 3.8) is 0 Å². The van der Waals surface area contributed by atoms with Crippen LogP contribution in [0.1, 0.15) is 22.8 Å². The van der Waals surface area contributed by atoms with E-state index < -0.39 is 0 Å². The van der Waals surface area contributed by atoms with E-state index in [0.29, 0.717) is 16.3 Å². The van der Waals surface area contributed by atoms with Crippen molar-refractivity contribution in [1.82, 2.24) is 14.3 Å². The Morgan fingerprint density at radius 2 is 1.85 bits per heavy atom. The van der Waals surface area contributed by atoms with Gasteiger partial charge in [-0.25, -0.2) is 0 Å². The van der Waals surface area contributed by atoms with Gasteiger partial charge in [-0.1, -0.05) is 18.2 Å². The van der Waals surface area contributed by atoms with Gasteiger partial charge < -0.3 is 4.57 Å². The van der Waals surface area contributed by atoms with Gasteiger partial charge in [0.15, 0.2) is 5.78 Å². The van der Waals surface area contributed by atoms with Gasteiger partial charge in [-0.15, -0.1) is 0 Å². The SMILES string of the molecule is CC(=O)c1cc(C)cc2c(=O)n(C)c(-c3cccc4cn(C)nc34)cc12. The molecule has 0 amide bonds. The van der Waals surface area contributed by atoms with E-state index in [1.54, 1.807) is 16.3 Å². The van der Waals surface area contributed by atoms with Crippen LogP contribution in [0.25, 0.3) is 32.9 Å². The fraction of sp³-hybridized carbons (Fsp3) is 0.190. The molecule has 0 N–H and O–H groups in total. The molecule has 0 unspecified atom stereocenters. The molecule has 130 valence electrons. The molecule has 5 nitrogen and oxygen atoms in total. The average molecular weight is 345 g/mol. The minimum absolute atomic E-state index is 0.0473. The van der Waals surface area contributed by atoms with Crippen LogP contribution in [0.3, 0.4) is 0 Å². The molecule has 4 aromatic rings. The largest absolute Gasteiger partial charge is 0.311 e. The molecule has 0 bridgehead atoms. The highest BCUT2D eigenvalue weighted by molar-refractivity contribution is 6.08. The number of fused-ring (bicyclic) bond motifs is 2. The lowest BCUT2D eigenvalue weighted by atomic mass is 9.97. The third-order valence-electron chi connectivity index (χ3n) is 4.81. The number of aryl methyl sites for hydroxylation is 2. The maximum Gasteiger partial charge on any atom is 0.258 e. The number of carbonyl (C=O) groups is 1. The molecule has 5 heteroatoms. The Morgan fingerprint density at radius 1 is 1.08 bits per heavy atom. The third kappa shape index (κ3) is 2.36. The van der Waals surface area contributed by atoms with Crippen molar-refractivity contribution in [2.45, 2.75) is 13.8 Å². The number of nitrogens with zero attached hydrogens (tertiary/aromatic N) is 3. The predicted molar refractivity (Wildman–Crippen MR) is 104 cm³/mol. The topological polar surface area (TPSA) is 56.9 Å². The van der Waals surface area contributed by atoms with Gasteiger partial charge in [0, 0.05) is 47.6 Å². The van der Waals surface area contributed by atoms with Crippen molar-refractivity contribution in [1.29, 1.82) is 0 Å². The van der Waals surface area contributed by atoms with Gasteiger partial charge in [-0.05, 0) is 37.6 Å². The zero-order valence-electron chi connectivity index (χ0n) is 15.2. The molecule has 0 saturated heterocycles. The first-order chi connectivity index (χ1) is 12.4. The molecular weight excluding hydrogens is 326 g/mol. The highest BCUT2D eigenvalue weighted by Crippen LogP contribution is 2.30. The molecule has 0 aliphatic rings. The first kappa shape index (κ1) is 16.3. The quantitative estimate of drug-likeness (QED) is 0.522. The number of Topliss-reactive ketones (excluding diaryl/α,β-unsaturated/α-hetero) is 1. The molecule has 2 heterocycles. The van der Waals surface area contributed by atoms with Gasteiger partial charge in [0.05, 0.1) is 5.69 Å². The van der Waals surface area contributed by atoms with Crippen molar-refractivity contribution < 1.29 is 4.79 Å². The van der Waals surface area contributed by atoms with Gasteiger partial charge >= 0.3 is 0 Å². The Morgan fingerprint density at radius 3 is 2.58 bits per heavy atom. The van der Waals surface area contributed by atoms with Crippen LogP contribution in [-0.2, 0) is 14.1 Å². The maximum atomic E-state index is 13.0. The fourth-order valence-corrected chi connectivity index (χ4v) is 3.58. The molecule has 0 radical (unpaired) electrons. The molecule has 2 aromatic heterocycles. The number of carbonyl (C=O) groups excluding carboxylic acids is 1. The highest BCUT2D eigenvalue weighted by Gasteiger charge is 2.16. The smallest absolute Gasteiger partial charge is 0.258 e. The van der Waals surface area contributed by atoms with Crippen LogP contribution >= 0.6 is 0 Å². The molecule has 0 aliphatic heterocycles. The minimum Gasteiger partial charge on any atom is -0.311 e. The van der Waals surface area contributed by atoms with E-state index in [0.717, 1.165) is 27.7 Å². The number of rotatable bonds is 2. The number of hydrogen-bond donors (Lipinski definition) is 0. The van der Waals surface area contributed by atoms with E-state index in [4.69, 9.17) is 0 Å². The van der Waals surface area contributed by atoms with Crippen LogP contribution in [-0.4, -0.2) is 20.1 Å². The highest BCUT2D eigenvalue weighted by atomic mass is 16.1. The number of ketones is 1. The van der Waals surface area contributed by atoms with Gasteiger partial charge in [0.2, 0.25) is 0 Å². The summed E-state index contributed by atoms with van der Waals surface area (Å²) in [7, 11) is 3.63. The lowest BCUT2D eigenvalue weighted by Gasteiger charge is -2.13. The summed E-state index contributed by atoms with van der Waals surface area (Å²) in [6, 6.07) is 11.5. The summed E-state index contributed by atoms with van der Waals surface area (Å²) in [4.78, 5) is 25.2. The monoisotopic (exact) mass is 345 g/mol. The first-order valence-electron chi connectivity index (χ1n) is 8.45. The Hall–Kier alpha value is -3.21. The standard InChI is InChI=1S/C21H19N3O2/c1-12-8-16(13(2)25)17-10-19(24(4)21(26)18(17)9-12)15-7-5-6-14-11-23(3)22-20(14)15/h5-11H,1-4H3. The van der Waals surface area contributed by atoms with Crippen molar-refractivity contribution >= 4 is 27.5 Å². The van der Waals surface area contributed by atoms with E-state index in [1.165, 1.54) is 6.92 Å². The van der Waals surface area contributed by atoms with Crippen LogP contribution in [0.15, 0.2) is 47.4 Å². The van der Waals surface area contributed by atoms with E-state index in [1.807, 2.05) is 56.6 Å². The molecule has 0 atom stereocenters. The number of aromatic nitrogens is 3. The van der Waals surface area contributed by atoms with Crippen LogP contribution in [0, 0.1) is 6.92 Å². The Labute approximate surface area is 150 Å². The number of benzene rings is 2. The van der Waals surface area contributed by atoms with Crippen LogP contribution in [0.2, 0.25) is 0 Å². The summed E-state index contributed by atoms with van der Waals surface area (Å²) in [5.41, 5.74) is 3.82. The molecule has 0 saturated carbocycles. The molecule has 26 heavy (non-hydrogen) atoms. The van der Waals surface area contributed by atoms with Gasteiger partial charge in [0.25, 0.3) is 5.56 Å². The van der Waals surface area contributed by atoms with Crippen LogP contribution < -0.4 is 5.56 Å². The molecule has 0 fully saturated rings. The Balaban J connectivity index is 2.15. The van der Waals surface area contributed by atoms with Gasteiger partial charge in [0.1, 0.15) is 5.52 Å². The van der Waals surface area contributed by atoms with Gasteiger partial charge in [-0.2, -0.15) is 5.10 Å². The van der Waals surface area contributed by atoms with Crippen molar-refractivity contribution in [2.75, 3.05) is 0 Å². The Bertz CT molecular complexity index is 1260. The molecular formula is C21H19N3O2. The van der Waals surface area contributed by atoms with Crippen molar-refractivity contribution in [3.8, 4) is 11.3 Å². The summed E-state index contributed by atoms with van der Waals surface area (Å²) < 4.78 is 3.40. The lowest BCUT2D eigenvalue weighted by molar-refractivity contribution is 0.101. The van der Waals surface area contributed by atoms with Gasteiger partial charge in [-0.3, -0.25) is 14.3 Å². The zero-order chi connectivity index (χ0) is 18.6. The summed E-state index contributed by atoms with van der Waals surface area (Å²) in [6.07, 6.45) is 1.95. The average Bonchev–Trinajstić information content (AvgIpc) is 2.98. The van der Waals surface area contributed by atoms with Crippen LogP contribution in [0.4, 0.5) is 0 Å². The maximum absolute atomic E-state index is 13.0. The molecule has 0 spiro atoms. The summed E-state index contributed by atoms with van der Waals surface area (Å²) in [5.74, 6) is -0.0473. The summed E-state index contributed by atoms with van der Waals surface area (Å²) in [6.45, 7) is 3.43. The molecule has 2 aromatic carbocycles. The van der Waals surface area contributed by atoms with E-state index in [2.05, 4.69) is 5.10 Å². The number of hydrogen-bond acceptors (Lipinski definition) is 3. The molecule has 4 rings (SSSR count). The van der Waals surface area contributed by atoms with E-state index >= 15 is 0 Å². The lowest BCUT2D eigenvalue weighted by Crippen LogP contribution is -2.19.